The van der Waals surface area contributed by atoms with Gasteiger partial charge in [-0.05, 0) is 30.3 Å². The third-order valence-electron chi connectivity index (χ3n) is 3.60. The summed E-state index contributed by atoms with van der Waals surface area (Å²) in [6.07, 6.45) is 3.08. The molecule has 1 saturated carbocycles. The first kappa shape index (κ1) is 13.9. The van der Waals surface area contributed by atoms with Crippen LogP contribution in [0.15, 0.2) is 12.1 Å². The fourth-order valence-corrected chi connectivity index (χ4v) is 2.47. The van der Waals surface area contributed by atoms with Crippen LogP contribution < -0.4 is 0 Å². The van der Waals surface area contributed by atoms with Crippen molar-refractivity contribution in [3.8, 4) is 0 Å². The molecule has 0 unspecified atom stereocenters. The van der Waals surface area contributed by atoms with Crippen LogP contribution in [-0.4, -0.2) is 38.8 Å². The molecule has 1 aromatic heterocycles. The van der Waals surface area contributed by atoms with Gasteiger partial charge in [-0.25, -0.2) is 4.57 Å². The summed E-state index contributed by atoms with van der Waals surface area (Å²) in [7, 11) is 1.53. The first-order valence-corrected chi connectivity index (χ1v) is 6.76. The van der Waals surface area contributed by atoms with Crippen LogP contribution in [0.25, 0.3) is 0 Å². The molecule has 0 aliphatic heterocycles. The van der Waals surface area contributed by atoms with E-state index >= 15 is 0 Å². The van der Waals surface area contributed by atoms with E-state index < -0.39 is 4.92 Å². The summed E-state index contributed by atoms with van der Waals surface area (Å²) < 4.78 is 1.32. The van der Waals surface area contributed by atoms with Crippen molar-refractivity contribution in [2.24, 2.45) is 7.05 Å². The predicted molar refractivity (Wildman–Crippen MR) is 71.5 cm³/mol. The van der Waals surface area contributed by atoms with E-state index in [1.54, 1.807) is 4.90 Å². The van der Waals surface area contributed by atoms with E-state index in [1.807, 2.05) is 0 Å². The zero-order valence-corrected chi connectivity index (χ0v) is 11.5. The van der Waals surface area contributed by atoms with Crippen LogP contribution in [0.3, 0.4) is 0 Å². The van der Waals surface area contributed by atoms with Crippen LogP contribution in [0.5, 0.6) is 0 Å². The first-order valence-electron chi connectivity index (χ1n) is 6.23. The fourth-order valence-electron chi connectivity index (χ4n) is 2.29. The molecule has 19 heavy (non-hydrogen) atoms. The normalized spacial score (nSPS) is 15.1. The van der Waals surface area contributed by atoms with Gasteiger partial charge in [0, 0.05) is 24.5 Å². The number of aromatic nitrogens is 1. The Bertz CT molecular complexity index is 496. The SMILES string of the molecule is Cn1c(C(=O)N(CCCl)C2CCC2)ccc1[N+](=O)[O-]. The highest BCUT2D eigenvalue weighted by Gasteiger charge is 2.32. The molecule has 2 rings (SSSR count). The van der Waals surface area contributed by atoms with Crippen molar-refractivity contribution in [2.45, 2.75) is 25.3 Å². The zero-order valence-electron chi connectivity index (χ0n) is 10.7. The molecule has 0 aromatic carbocycles. The number of nitrogens with zero attached hydrogens (tertiary/aromatic N) is 3. The number of halogens is 1. The van der Waals surface area contributed by atoms with Gasteiger partial charge in [-0.3, -0.25) is 4.79 Å². The van der Waals surface area contributed by atoms with Gasteiger partial charge in [-0.1, -0.05) is 0 Å². The van der Waals surface area contributed by atoms with Crippen molar-refractivity contribution in [2.75, 3.05) is 12.4 Å². The molecule has 1 aliphatic carbocycles. The number of hydrogen-bond donors (Lipinski definition) is 0. The Hall–Kier alpha value is -1.56. The minimum absolute atomic E-state index is 0.0808. The molecule has 0 atom stereocenters. The molecular weight excluding hydrogens is 270 g/mol. The van der Waals surface area contributed by atoms with Crippen LogP contribution in [0, 0.1) is 10.1 Å². The Morgan fingerprint density at radius 2 is 2.26 bits per heavy atom. The lowest BCUT2D eigenvalue weighted by Crippen LogP contribution is -2.45. The summed E-state index contributed by atoms with van der Waals surface area (Å²) in [6.45, 7) is 0.476. The van der Waals surface area contributed by atoms with E-state index in [1.165, 1.54) is 23.7 Å². The van der Waals surface area contributed by atoms with E-state index in [0.29, 0.717) is 18.1 Å². The molecule has 0 bridgehead atoms. The second-order valence-electron chi connectivity index (χ2n) is 4.67. The highest BCUT2D eigenvalue weighted by molar-refractivity contribution is 6.18. The molecule has 7 heteroatoms. The topological polar surface area (TPSA) is 68.4 Å². The maximum Gasteiger partial charge on any atom is 0.323 e. The van der Waals surface area contributed by atoms with Crippen molar-refractivity contribution in [1.82, 2.24) is 9.47 Å². The molecule has 0 radical (unpaired) electrons. The Morgan fingerprint density at radius 3 is 2.68 bits per heavy atom. The number of carbonyl (C=O) groups excluding carboxylic acids is 1. The molecule has 1 aliphatic rings. The zero-order chi connectivity index (χ0) is 14.0. The maximum absolute atomic E-state index is 12.4. The Kier molecular flexibility index (Phi) is 4.09. The molecule has 1 heterocycles. The minimum Gasteiger partial charge on any atom is -0.358 e. The average molecular weight is 286 g/mol. The van der Waals surface area contributed by atoms with Crippen molar-refractivity contribution >= 4 is 23.3 Å². The number of nitro groups is 1. The average Bonchev–Trinajstić information content (AvgIpc) is 2.67. The van der Waals surface area contributed by atoms with Gasteiger partial charge < -0.3 is 15.0 Å². The summed E-state index contributed by atoms with van der Waals surface area (Å²) in [6, 6.07) is 3.08. The molecule has 0 spiro atoms. The van der Waals surface area contributed by atoms with Gasteiger partial charge >= 0.3 is 5.82 Å². The van der Waals surface area contributed by atoms with Crippen molar-refractivity contribution < 1.29 is 9.72 Å². The third kappa shape index (κ3) is 2.58. The lowest BCUT2D eigenvalue weighted by atomic mass is 9.91. The Balaban J connectivity index is 2.23. The number of carbonyl (C=O) groups is 1. The van der Waals surface area contributed by atoms with Crippen LogP contribution in [-0.2, 0) is 7.05 Å². The van der Waals surface area contributed by atoms with Crippen LogP contribution in [0.4, 0.5) is 5.82 Å². The van der Waals surface area contributed by atoms with Gasteiger partial charge in [-0.15, -0.1) is 11.6 Å². The lowest BCUT2D eigenvalue weighted by Gasteiger charge is -2.36. The van der Waals surface area contributed by atoms with E-state index in [-0.39, 0.29) is 17.8 Å². The van der Waals surface area contributed by atoms with Crippen LogP contribution >= 0.6 is 11.6 Å². The van der Waals surface area contributed by atoms with Crippen LogP contribution in [0.1, 0.15) is 29.8 Å². The molecule has 1 aromatic rings. The van der Waals surface area contributed by atoms with E-state index in [2.05, 4.69) is 0 Å². The van der Waals surface area contributed by atoms with Gasteiger partial charge in [0.15, 0.2) is 5.69 Å². The fraction of sp³-hybridized carbons (Fsp3) is 0.583. The molecular formula is C12H16ClN3O3. The van der Waals surface area contributed by atoms with Gasteiger partial charge in [-0.2, -0.15) is 0 Å². The monoisotopic (exact) mass is 285 g/mol. The molecule has 1 fully saturated rings. The Morgan fingerprint density at radius 1 is 1.58 bits per heavy atom. The summed E-state index contributed by atoms with van der Waals surface area (Å²) >= 11 is 5.74. The smallest absolute Gasteiger partial charge is 0.323 e. The van der Waals surface area contributed by atoms with E-state index in [4.69, 9.17) is 11.6 Å². The van der Waals surface area contributed by atoms with E-state index in [0.717, 1.165) is 19.3 Å². The van der Waals surface area contributed by atoms with E-state index in [9.17, 15) is 14.9 Å². The summed E-state index contributed by atoms with van der Waals surface area (Å²) in [4.78, 5) is 24.5. The number of amides is 1. The number of rotatable bonds is 5. The van der Waals surface area contributed by atoms with Gasteiger partial charge in [0.1, 0.15) is 0 Å². The maximum atomic E-state index is 12.4. The van der Waals surface area contributed by atoms with Crippen molar-refractivity contribution in [1.29, 1.82) is 0 Å². The molecule has 0 saturated heterocycles. The van der Waals surface area contributed by atoms with Gasteiger partial charge in [0.25, 0.3) is 5.91 Å². The standard InChI is InChI=1S/C12H16ClN3O3/c1-14-10(5-6-11(14)16(18)19)12(17)15(8-7-13)9-3-2-4-9/h5-6,9H,2-4,7-8H2,1H3. The van der Waals surface area contributed by atoms with Gasteiger partial charge in [0.05, 0.1) is 7.05 Å². The highest BCUT2D eigenvalue weighted by Crippen LogP contribution is 2.27. The van der Waals surface area contributed by atoms with Crippen molar-refractivity contribution in [3.63, 3.8) is 0 Å². The second kappa shape index (κ2) is 5.61. The quantitative estimate of drug-likeness (QED) is 0.473. The first-order chi connectivity index (χ1) is 9.06. The van der Waals surface area contributed by atoms with Gasteiger partial charge in [0.2, 0.25) is 0 Å². The third-order valence-corrected chi connectivity index (χ3v) is 3.77. The largest absolute Gasteiger partial charge is 0.358 e. The Labute approximate surface area is 116 Å². The predicted octanol–water partition coefficient (Wildman–Crippen LogP) is 2.17. The second-order valence-corrected chi connectivity index (χ2v) is 5.04. The molecule has 0 N–H and O–H groups in total. The molecule has 6 nitrogen and oxygen atoms in total. The molecule has 1 amide bonds. The highest BCUT2D eigenvalue weighted by atomic mass is 35.5. The minimum atomic E-state index is -0.494. The summed E-state index contributed by atoms with van der Waals surface area (Å²) in [5.41, 5.74) is 0.337. The number of alkyl halides is 1. The lowest BCUT2D eigenvalue weighted by molar-refractivity contribution is -0.391. The number of hydrogen-bond acceptors (Lipinski definition) is 3. The van der Waals surface area contributed by atoms with Crippen LogP contribution in [0.2, 0.25) is 0 Å². The summed E-state index contributed by atoms with van der Waals surface area (Å²) in [5, 5.41) is 10.8. The van der Waals surface area contributed by atoms with Crippen molar-refractivity contribution in [3.05, 3.63) is 27.9 Å². The summed E-state index contributed by atoms with van der Waals surface area (Å²) in [5.74, 6) is 0.109. The molecule has 104 valence electrons.